The molecule has 3 N–H and O–H groups in total. The molecule has 1 saturated heterocycles. The molecule has 0 atom stereocenters. The number of ether oxygens (including phenoxy) is 1. The fourth-order valence-electron chi connectivity index (χ4n) is 1.93. The fourth-order valence-corrected chi connectivity index (χ4v) is 2.04. The molecule has 2 rings (SSSR count). The predicted molar refractivity (Wildman–Crippen MR) is 74.6 cm³/mol. The van der Waals surface area contributed by atoms with Crippen molar-refractivity contribution in [3.05, 3.63) is 23.8 Å². The highest BCUT2D eigenvalue weighted by atomic mass is 32.1. The second kappa shape index (κ2) is 5.67. The van der Waals surface area contributed by atoms with Crippen LogP contribution in [0.1, 0.15) is 5.56 Å². The van der Waals surface area contributed by atoms with Crippen LogP contribution in [0.4, 0.5) is 11.4 Å². The molecule has 1 aromatic rings. The van der Waals surface area contributed by atoms with E-state index < -0.39 is 0 Å². The van der Waals surface area contributed by atoms with Gasteiger partial charge in [0.1, 0.15) is 6.07 Å². The number of benzene rings is 1. The molecule has 0 unspecified atom stereocenters. The van der Waals surface area contributed by atoms with Gasteiger partial charge in [-0.1, -0.05) is 0 Å². The Bertz CT molecular complexity index is 491. The number of thiocarbonyl (C=S) groups is 1. The number of nitrogens with zero attached hydrogens (tertiary/aromatic N) is 2. The lowest BCUT2D eigenvalue weighted by molar-refractivity contribution is 0.122. The van der Waals surface area contributed by atoms with Gasteiger partial charge in [-0.15, -0.1) is 0 Å². The fraction of sp³-hybridized carbons (Fsp3) is 0.333. The largest absolute Gasteiger partial charge is 0.378 e. The lowest BCUT2D eigenvalue weighted by Crippen LogP contribution is -2.36. The number of morpholine rings is 1. The highest BCUT2D eigenvalue weighted by Crippen LogP contribution is 2.24. The zero-order chi connectivity index (χ0) is 13.0. The number of rotatable bonds is 2. The number of anilines is 2. The molecular formula is C12H14N4OS. The van der Waals surface area contributed by atoms with E-state index in [1.807, 2.05) is 12.1 Å². The van der Waals surface area contributed by atoms with Gasteiger partial charge >= 0.3 is 0 Å². The monoisotopic (exact) mass is 262 g/mol. The predicted octanol–water partition coefficient (Wildman–Crippen LogP) is 1.05. The third-order valence-corrected chi connectivity index (χ3v) is 2.84. The second-order valence-corrected chi connectivity index (χ2v) is 4.37. The smallest absolute Gasteiger partial charge is 0.168 e. The topological polar surface area (TPSA) is 74.3 Å². The van der Waals surface area contributed by atoms with E-state index in [9.17, 15) is 5.26 Å². The summed E-state index contributed by atoms with van der Waals surface area (Å²) >= 11 is 4.77. The first-order valence-corrected chi connectivity index (χ1v) is 6.05. The van der Waals surface area contributed by atoms with Crippen LogP contribution in [0.15, 0.2) is 18.2 Å². The minimum absolute atomic E-state index is 0.193. The van der Waals surface area contributed by atoms with Crippen LogP contribution in [0.25, 0.3) is 0 Å². The van der Waals surface area contributed by atoms with Crippen LogP contribution in [-0.4, -0.2) is 31.4 Å². The number of nitrogens with two attached hydrogens (primary N) is 1. The number of hydrogen-bond acceptors (Lipinski definition) is 4. The SMILES string of the molecule is N#Cc1cc(NC(N)=S)ccc1N1CCOCC1. The van der Waals surface area contributed by atoms with E-state index in [2.05, 4.69) is 16.3 Å². The molecule has 1 aromatic carbocycles. The Balaban J connectivity index is 2.25. The second-order valence-electron chi connectivity index (χ2n) is 3.93. The summed E-state index contributed by atoms with van der Waals surface area (Å²) in [5, 5.41) is 12.2. The number of nitrogens with one attached hydrogen (secondary N) is 1. The van der Waals surface area contributed by atoms with Crippen LogP contribution in [-0.2, 0) is 4.74 Å². The zero-order valence-corrected chi connectivity index (χ0v) is 10.7. The molecule has 5 nitrogen and oxygen atoms in total. The van der Waals surface area contributed by atoms with Gasteiger partial charge in [-0.05, 0) is 30.4 Å². The molecule has 0 amide bonds. The minimum atomic E-state index is 0.193. The van der Waals surface area contributed by atoms with Gasteiger partial charge in [0.05, 0.1) is 24.5 Å². The van der Waals surface area contributed by atoms with Gasteiger partial charge in [0.25, 0.3) is 0 Å². The Morgan fingerprint density at radius 2 is 2.17 bits per heavy atom. The molecule has 0 aromatic heterocycles. The molecule has 0 aliphatic carbocycles. The molecule has 1 heterocycles. The Labute approximate surface area is 111 Å². The summed E-state index contributed by atoms with van der Waals surface area (Å²) in [4.78, 5) is 2.15. The Kier molecular flexibility index (Phi) is 3.97. The average Bonchev–Trinajstić information content (AvgIpc) is 2.39. The van der Waals surface area contributed by atoms with E-state index in [0.717, 1.165) is 24.5 Å². The highest BCUT2D eigenvalue weighted by Gasteiger charge is 2.15. The van der Waals surface area contributed by atoms with Gasteiger partial charge in [0, 0.05) is 18.8 Å². The first kappa shape index (κ1) is 12.6. The van der Waals surface area contributed by atoms with Crippen LogP contribution < -0.4 is 16.0 Å². The maximum atomic E-state index is 9.21. The molecule has 0 bridgehead atoms. The molecule has 0 spiro atoms. The molecule has 94 valence electrons. The van der Waals surface area contributed by atoms with Crippen molar-refractivity contribution in [3.63, 3.8) is 0 Å². The number of nitriles is 1. The van der Waals surface area contributed by atoms with Gasteiger partial charge in [-0.25, -0.2) is 0 Å². The number of hydrogen-bond donors (Lipinski definition) is 2. The Morgan fingerprint density at radius 1 is 1.44 bits per heavy atom. The normalized spacial score (nSPS) is 14.9. The standard InChI is InChI=1S/C12H14N4OS/c13-8-9-7-10(15-12(14)18)1-2-11(9)16-3-5-17-6-4-16/h1-2,7H,3-6H2,(H3,14,15,18). The summed E-state index contributed by atoms with van der Waals surface area (Å²) in [6.07, 6.45) is 0. The van der Waals surface area contributed by atoms with Crippen molar-refractivity contribution >= 4 is 28.7 Å². The van der Waals surface area contributed by atoms with Crippen molar-refractivity contribution in [1.29, 1.82) is 5.26 Å². The summed E-state index contributed by atoms with van der Waals surface area (Å²) in [5.41, 5.74) is 7.67. The molecular weight excluding hydrogens is 248 g/mol. The molecule has 1 fully saturated rings. The summed E-state index contributed by atoms with van der Waals surface area (Å²) in [7, 11) is 0. The molecule has 1 aliphatic heterocycles. The van der Waals surface area contributed by atoms with Gasteiger partial charge in [-0.2, -0.15) is 5.26 Å². The Hall–Kier alpha value is -1.84. The summed E-state index contributed by atoms with van der Waals surface area (Å²) in [6, 6.07) is 7.73. The van der Waals surface area contributed by atoms with Gasteiger partial charge in [0.15, 0.2) is 5.11 Å². The maximum absolute atomic E-state index is 9.21. The summed E-state index contributed by atoms with van der Waals surface area (Å²) in [5.74, 6) is 0. The van der Waals surface area contributed by atoms with Crippen molar-refractivity contribution in [2.45, 2.75) is 0 Å². The molecule has 18 heavy (non-hydrogen) atoms. The first-order chi connectivity index (χ1) is 8.70. The van der Waals surface area contributed by atoms with E-state index in [-0.39, 0.29) is 5.11 Å². The molecule has 6 heteroatoms. The van der Waals surface area contributed by atoms with Crippen molar-refractivity contribution in [3.8, 4) is 6.07 Å². The van der Waals surface area contributed by atoms with E-state index >= 15 is 0 Å². The van der Waals surface area contributed by atoms with Crippen molar-refractivity contribution in [2.24, 2.45) is 5.73 Å². The maximum Gasteiger partial charge on any atom is 0.168 e. The average molecular weight is 262 g/mol. The quantitative estimate of drug-likeness (QED) is 0.776. The summed E-state index contributed by atoms with van der Waals surface area (Å²) in [6.45, 7) is 2.99. The first-order valence-electron chi connectivity index (χ1n) is 5.64. The van der Waals surface area contributed by atoms with E-state index in [4.69, 9.17) is 22.7 Å². The minimum Gasteiger partial charge on any atom is -0.378 e. The van der Waals surface area contributed by atoms with Crippen LogP contribution in [0, 0.1) is 11.3 Å². The lowest BCUT2D eigenvalue weighted by Gasteiger charge is -2.29. The lowest BCUT2D eigenvalue weighted by atomic mass is 10.1. The van der Waals surface area contributed by atoms with Crippen LogP contribution in [0.5, 0.6) is 0 Å². The third-order valence-electron chi connectivity index (χ3n) is 2.74. The molecule has 0 saturated carbocycles. The van der Waals surface area contributed by atoms with Gasteiger partial charge < -0.3 is 20.7 Å². The Morgan fingerprint density at radius 3 is 2.78 bits per heavy atom. The van der Waals surface area contributed by atoms with Crippen molar-refractivity contribution < 1.29 is 4.74 Å². The zero-order valence-electron chi connectivity index (χ0n) is 9.85. The van der Waals surface area contributed by atoms with Crippen LogP contribution in [0.3, 0.4) is 0 Å². The van der Waals surface area contributed by atoms with Crippen LogP contribution >= 0.6 is 12.2 Å². The highest BCUT2D eigenvalue weighted by molar-refractivity contribution is 7.80. The summed E-state index contributed by atoms with van der Waals surface area (Å²) < 4.78 is 5.30. The van der Waals surface area contributed by atoms with Crippen molar-refractivity contribution in [2.75, 3.05) is 36.5 Å². The molecule has 0 radical (unpaired) electrons. The molecule has 1 aliphatic rings. The van der Waals surface area contributed by atoms with Gasteiger partial charge in [-0.3, -0.25) is 0 Å². The van der Waals surface area contributed by atoms with E-state index in [0.29, 0.717) is 18.8 Å². The van der Waals surface area contributed by atoms with Crippen LogP contribution in [0.2, 0.25) is 0 Å². The third kappa shape index (κ3) is 2.88. The van der Waals surface area contributed by atoms with E-state index in [1.165, 1.54) is 0 Å². The van der Waals surface area contributed by atoms with E-state index in [1.54, 1.807) is 6.07 Å². The van der Waals surface area contributed by atoms with Gasteiger partial charge in [0.2, 0.25) is 0 Å². The van der Waals surface area contributed by atoms with Crippen molar-refractivity contribution in [1.82, 2.24) is 0 Å².